The Kier molecular flexibility index (Phi) is 6.46. The van der Waals surface area contributed by atoms with Crippen LogP contribution in [-0.4, -0.2) is 39.2 Å². The number of benzene rings is 1. The molecule has 0 saturated carbocycles. The Bertz CT molecular complexity index is 571. The highest BCUT2D eigenvalue weighted by molar-refractivity contribution is 7.92. The first-order chi connectivity index (χ1) is 10.5. The van der Waals surface area contributed by atoms with Crippen molar-refractivity contribution in [1.29, 1.82) is 0 Å². The second-order valence-corrected chi connectivity index (χ2v) is 7.69. The van der Waals surface area contributed by atoms with Crippen molar-refractivity contribution in [2.45, 2.75) is 32.1 Å². The Morgan fingerprint density at radius 1 is 1.09 bits per heavy atom. The maximum absolute atomic E-state index is 11.1. The van der Waals surface area contributed by atoms with Crippen LogP contribution in [0.2, 0.25) is 0 Å². The molecule has 0 unspecified atom stereocenters. The Balaban J connectivity index is 1.77. The lowest BCUT2D eigenvalue weighted by Crippen LogP contribution is -2.25. The average molecular weight is 322 g/mol. The summed E-state index contributed by atoms with van der Waals surface area (Å²) in [4.78, 5) is 2.55. The molecule has 1 fully saturated rings. The van der Waals surface area contributed by atoms with E-state index in [1.165, 1.54) is 38.8 Å². The largest absolute Gasteiger partial charge is 0.303 e. The first-order valence-electron chi connectivity index (χ1n) is 8.00. The number of rotatable bonds is 6. The molecule has 22 heavy (non-hydrogen) atoms. The topological polar surface area (TPSA) is 49.4 Å². The number of hydrogen-bond acceptors (Lipinski definition) is 3. The molecule has 122 valence electrons. The zero-order valence-corrected chi connectivity index (χ0v) is 14.1. The Morgan fingerprint density at radius 3 is 2.32 bits per heavy atom. The molecule has 0 aromatic heterocycles. The highest BCUT2D eigenvalue weighted by atomic mass is 32.2. The fraction of sp³-hybridized carbons (Fsp3) is 0.529. The number of nitrogens with one attached hydrogen (secondary N) is 1. The number of anilines is 1. The number of sulfonamides is 1. The van der Waals surface area contributed by atoms with E-state index in [1.807, 2.05) is 12.1 Å². The molecule has 5 heteroatoms. The van der Waals surface area contributed by atoms with Crippen molar-refractivity contribution in [3.8, 4) is 0 Å². The minimum atomic E-state index is -3.20. The van der Waals surface area contributed by atoms with Crippen LogP contribution in [0.25, 0.3) is 6.08 Å². The molecular formula is C17H26N2O2S. The molecule has 0 atom stereocenters. The van der Waals surface area contributed by atoms with Crippen LogP contribution in [0, 0.1) is 0 Å². The maximum Gasteiger partial charge on any atom is 0.229 e. The van der Waals surface area contributed by atoms with E-state index >= 15 is 0 Å². The van der Waals surface area contributed by atoms with Crippen molar-refractivity contribution in [2.24, 2.45) is 0 Å². The van der Waals surface area contributed by atoms with Gasteiger partial charge in [-0.3, -0.25) is 4.72 Å². The van der Waals surface area contributed by atoms with E-state index in [9.17, 15) is 8.42 Å². The predicted octanol–water partition coefficient (Wildman–Crippen LogP) is 3.34. The molecule has 0 amide bonds. The third-order valence-electron chi connectivity index (χ3n) is 3.83. The minimum absolute atomic E-state index is 0.601. The van der Waals surface area contributed by atoms with E-state index in [1.54, 1.807) is 12.1 Å². The van der Waals surface area contributed by atoms with Crippen LogP contribution in [0.3, 0.4) is 0 Å². The lowest BCUT2D eigenvalue weighted by molar-refractivity contribution is 0.291. The maximum atomic E-state index is 11.1. The fourth-order valence-electron chi connectivity index (χ4n) is 2.71. The normalized spacial score (nSPS) is 17.5. The number of nitrogens with zero attached hydrogens (tertiary/aromatic N) is 1. The Morgan fingerprint density at radius 2 is 1.73 bits per heavy atom. The van der Waals surface area contributed by atoms with Gasteiger partial charge in [0.05, 0.1) is 6.26 Å². The van der Waals surface area contributed by atoms with E-state index < -0.39 is 10.0 Å². The van der Waals surface area contributed by atoms with Crippen molar-refractivity contribution in [2.75, 3.05) is 30.6 Å². The van der Waals surface area contributed by atoms with E-state index in [4.69, 9.17) is 0 Å². The van der Waals surface area contributed by atoms with Gasteiger partial charge in [-0.1, -0.05) is 37.1 Å². The summed E-state index contributed by atoms with van der Waals surface area (Å²) in [7, 11) is -3.20. The SMILES string of the molecule is CS(=O)(=O)Nc1ccc(C=CCCN2CCCCCC2)cc1. The summed E-state index contributed by atoms with van der Waals surface area (Å²) >= 11 is 0. The van der Waals surface area contributed by atoms with Gasteiger partial charge in [-0.05, 0) is 50.0 Å². The second kappa shape index (κ2) is 8.34. The lowest BCUT2D eigenvalue weighted by Gasteiger charge is -2.18. The van der Waals surface area contributed by atoms with Crippen molar-refractivity contribution in [3.63, 3.8) is 0 Å². The summed E-state index contributed by atoms with van der Waals surface area (Å²) in [6, 6.07) is 7.43. The molecule has 0 aliphatic carbocycles. The van der Waals surface area contributed by atoms with Crippen molar-refractivity contribution < 1.29 is 8.42 Å². The molecular weight excluding hydrogens is 296 g/mol. The van der Waals surface area contributed by atoms with Crippen molar-refractivity contribution in [1.82, 2.24) is 4.90 Å². The summed E-state index contributed by atoms with van der Waals surface area (Å²) in [6.45, 7) is 3.60. The van der Waals surface area contributed by atoms with Gasteiger partial charge in [-0.15, -0.1) is 0 Å². The van der Waals surface area contributed by atoms with Crippen LogP contribution < -0.4 is 4.72 Å². The Labute approximate surface area is 134 Å². The molecule has 4 nitrogen and oxygen atoms in total. The van der Waals surface area contributed by atoms with Gasteiger partial charge < -0.3 is 4.90 Å². The van der Waals surface area contributed by atoms with Gasteiger partial charge in [0.25, 0.3) is 0 Å². The fourth-order valence-corrected chi connectivity index (χ4v) is 3.28. The number of likely N-dealkylation sites (tertiary alicyclic amines) is 1. The van der Waals surface area contributed by atoms with Crippen LogP contribution in [0.15, 0.2) is 30.3 Å². The molecule has 0 radical (unpaired) electrons. The second-order valence-electron chi connectivity index (χ2n) is 5.94. The lowest BCUT2D eigenvalue weighted by atomic mass is 10.2. The van der Waals surface area contributed by atoms with E-state index in [-0.39, 0.29) is 0 Å². The van der Waals surface area contributed by atoms with Crippen LogP contribution in [-0.2, 0) is 10.0 Å². The third kappa shape index (κ3) is 6.62. The van der Waals surface area contributed by atoms with Gasteiger partial charge in [-0.2, -0.15) is 0 Å². The van der Waals surface area contributed by atoms with Crippen LogP contribution in [0.4, 0.5) is 5.69 Å². The summed E-state index contributed by atoms with van der Waals surface area (Å²) in [6.07, 6.45) is 11.9. The van der Waals surface area contributed by atoms with E-state index in [0.717, 1.165) is 24.8 Å². The van der Waals surface area contributed by atoms with Gasteiger partial charge in [-0.25, -0.2) is 8.42 Å². The standard InChI is InChI=1S/C17H26N2O2S/c1-22(20,21)18-17-11-9-16(10-12-17)8-4-7-15-19-13-5-2-3-6-14-19/h4,8-12,18H,2-3,5-7,13-15H2,1H3. The minimum Gasteiger partial charge on any atom is -0.303 e. The molecule has 1 aromatic rings. The average Bonchev–Trinajstić information content (AvgIpc) is 2.72. The van der Waals surface area contributed by atoms with E-state index in [2.05, 4.69) is 21.8 Å². The number of hydrogen-bond donors (Lipinski definition) is 1. The highest BCUT2D eigenvalue weighted by Crippen LogP contribution is 2.13. The summed E-state index contributed by atoms with van der Waals surface area (Å²) in [5, 5.41) is 0. The molecule has 1 N–H and O–H groups in total. The van der Waals surface area contributed by atoms with Gasteiger partial charge in [0.1, 0.15) is 0 Å². The Hall–Kier alpha value is -1.33. The summed E-state index contributed by atoms with van der Waals surface area (Å²) in [5.41, 5.74) is 1.69. The van der Waals surface area contributed by atoms with Crippen molar-refractivity contribution in [3.05, 3.63) is 35.9 Å². The zero-order valence-electron chi connectivity index (χ0n) is 13.3. The van der Waals surface area contributed by atoms with Gasteiger partial charge in [0, 0.05) is 12.2 Å². The van der Waals surface area contributed by atoms with Gasteiger partial charge in [0.2, 0.25) is 10.0 Å². The first kappa shape index (κ1) is 17.0. The first-order valence-corrected chi connectivity index (χ1v) is 9.89. The van der Waals surface area contributed by atoms with Crippen LogP contribution in [0.1, 0.15) is 37.7 Å². The summed E-state index contributed by atoms with van der Waals surface area (Å²) < 4.78 is 24.7. The molecule has 1 heterocycles. The van der Waals surface area contributed by atoms with Gasteiger partial charge >= 0.3 is 0 Å². The van der Waals surface area contributed by atoms with Gasteiger partial charge in [0.15, 0.2) is 0 Å². The summed E-state index contributed by atoms with van der Waals surface area (Å²) in [5.74, 6) is 0. The quantitative estimate of drug-likeness (QED) is 0.874. The molecule has 2 rings (SSSR count). The van der Waals surface area contributed by atoms with Crippen molar-refractivity contribution >= 4 is 21.8 Å². The zero-order chi connectivity index (χ0) is 15.8. The molecule has 1 aromatic carbocycles. The third-order valence-corrected chi connectivity index (χ3v) is 4.44. The molecule has 1 aliphatic heterocycles. The smallest absolute Gasteiger partial charge is 0.229 e. The highest BCUT2D eigenvalue weighted by Gasteiger charge is 2.07. The molecule has 1 aliphatic rings. The molecule has 0 spiro atoms. The molecule has 0 bridgehead atoms. The predicted molar refractivity (Wildman–Crippen MR) is 93.5 cm³/mol. The molecule has 1 saturated heterocycles. The van der Waals surface area contributed by atoms with E-state index in [0.29, 0.717) is 5.69 Å². The van der Waals surface area contributed by atoms with Crippen LogP contribution in [0.5, 0.6) is 0 Å². The monoisotopic (exact) mass is 322 g/mol. The van der Waals surface area contributed by atoms with Crippen LogP contribution >= 0.6 is 0 Å².